The van der Waals surface area contributed by atoms with Gasteiger partial charge in [-0.1, -0.05) is 30.3 Å². The van der Waals surface area contributed by atoms with E-state index in [1.807, 2.05) is 13.2 Å². The lowest BCUT2D eigenvalue weighted by atomic mass is 10.1. The first-order valence-corrected chi connectivity index (χ1v) is 8.63. The van der Waals surface area contributed by atoms with Gasteiger partial charge in [-0.2, -0.15) is 0 Å². The van der Waals surface area contributed by atoms with Gasteiger partial charge < -0.3 is 20.3 Å². The number of nitrogens with one attached hydrogen (secondary N) is 2. The molecule has 1 heterocycles. The van der Waals surface area contributed by atoms with Crippen molar-refractivity contribution in [2.75, 3.05) is 39.8 Å². The Kier molecular flexibility index (Phi) is 11.0. The van der Waals surface area contributed by atoms with Gasteiger partial charge in [-0.25, -0.2) is 4.99 Å². The Hall–Kier alpha value is -0.860. The fourth-order valence-electron chi connectivity index (χ4n) is 2.80. The van der Waals surface area contributed by atoms with Crippen molar-refractivity contribution in [2.24, 2.45) is 4.99 Å². The first-order valence-electron chi connectivity index (χ1n) is 8.63. The van der Waals surface area contributed by atoms with Crippen LogP contribution in [0.2, 0.25) is 0 Å². The molecular weight excluding hydrogens is 415 g/mol. The van der Waals surface area contributed by atoms with Crippen molar-refractivity contribution in [3.8, 4) is 0 Å². The third-order valence-corrected chi connectivity index (χ3v) is 4.20. The molecule has 136 valence electrons. The third kappa shape index (κ3) is 7.81. The molecule has 0 unspecified atom stereocenters. The number of likely N-dealkylation sites (tertiary alicyclic amines) is 1. The smallest absolute Gasteiger partial charge is 0.191 e. The van der Waals surface area contributed by atoms with Crippen molar-refractivity contribution in [1.82, 2.24) is 15.5 Å². The number of ether oxygens (including phenoxy) is 1. The van der Waals surface area contributed by atoms with E-state index in [1.165, 1.54) is 5.56 Å². The lowest BCUT2D eigenvalue weighted by Gasteiger charge is -2.31. The number of nitrogens with zero attached hydrogens (tertiary/aromatic N) is 2. The van der Waals surface area contributed by atoms with Gasteiger partial charge in [0.1, 0.15) is 0 Å². The Labute approximate surface area is 163 Å². The summed E-state index contributed by atoms with van der Waals surface area (Å²) >= 11 is 0. The molecule has 1 saturated heterocycles. The zero-order valence-electron chi connectivity index (χ0n) is 14.8. The maximum Gasteiger partial charge on any atom is 0.191 e. The van der Waals surface area contributed by atoms with Crippen molar-refractivity contribution in [2.45, 2.75) is 32.4 Å². The van der Waals surface area contributed by atoms with Gasteiger partial charge in [0.2, 0.25) is 0 Å². The number of rotatable bonds is 7. The molecule has 0 atom stereocenters. The second kappa shape index (κ2) is 12.5. The zero-order chi connectivity index (χ0) is 16.3. The fraction of sp³-hybridized carbons (Fsp3) is 0.611. The SMILES string of the molecule is CCNC(=NCc1ccccc1)NCCN1CCC(OC)CC1.I. The molecule has 1 fully saturated rings. The predicted octanol–water partition coefficient (Wildman–Crippen LogP) is 2.47. The fourth-order valence-corrected chi connectivity index (χ4v) is 2.80. The van der Waals surface area contributed by atoms with Crippen LogP contribution in [0.4, 0.5) is 0 Å². The number of guanidine groups is 1. The second-order valence-corrected chi connectivity index (χ2v) is 5.88. The molecule has 0 spiro atoms. The number of piperidine rings is 1. The maximum absolute atomic E-state index is 5.42. The van der Waals surface area contributed by atoms with Gasteiger partial charge in [0.05, 0.1) is 12.6 Å². The quantitative estimate of drug-likeness (QED) is 0.384. The summed E-state index contributed by atoms with van der Waals surface area (Å²) in [7, 11) is 1.81. The lowest BCUT2D eigenvalue weighted by Crippen LogP contribution is -2.44. The van der Waals surface area contributed by atoms with Crippen LogP contribution >= 0.6 is 24.0 Å². The number of hydrogen-bond acceptors (Lipinski definition) is 3. The van der Waals surface area contributed by atoms with E-state index in [9.17, 15) is 0 Å². The highest BCUT2D eigenvalue weighted by atomic mass is 127. The summed E-state index contributed by atoms with van der Waals surface area (Å²) in [5.74, 6) is 0.892. The van der Waals surface area contributed by atoms with Crippen LogP contribution in [0, 0.1) is 0 Å². The minimum atomic E-state index is 0. The van der Waals surface area contributed by atoms with E-state index >= 15 is 0 Å². The Morgan fingerprint density at radius 2 is 1.92 bits per heavy atom. The minimum Gasteiger partial charge on any atom is -0.381 e. The van der Waals surface area contributed by atoms with E-state index in [4.69, 9.17) is 4.74 Å². The van der Waals surface area contributed by atoms with Gasteiger partial charge in [-0.05, 0) is 25.3 Å². The van der Waals surface area contributed by atoms with E-state index < -0.39 is 0 Å². The normalized spacial score (nSPS) is 16.5. The summed E-state index contributed by atoms with van der Waals surface area (Å²) in [5, 5.41) is 6.74. The average Bonchev–Trinajstić information content (AvgIpc) is 2.61. The number of halogens is 1. The molecule has 0 amide bonds. The van der Waals surface area contributed by atoms with Gasteiger partial charge in [-0.3, -0.25) is 0 Å². The second-order valence-electron chi connectivity index (χ2n) is 5.88. The van der Waals surface area contributed by atoms with Crippen LogP contribution < -0.4 is 10.6 Å². The summed E-state index contributed by atoms with van der Waals surface area (Å²) < 4.78 is 5.42. The minimum absolute atomic E-state index is 0. The van der Waals surface area contributed by atoms with Crippen molar-refractivity contribution in [1.29, 1.82) is 0 Å². The van der Waals surface area contributed by atoms with Crippen LogP contribution in [0.25, 0.3) is 0 Å². The molecule has 0 radical (unpaired) electrons. The molecule has 24 heavy (non-hydrogen) atoms. The van der Waals surface area contributed by atoms with Gasteiger partial charge in [0.15, 0.2) is 5.96 Å². The zero-order valence-corrected chi connectivity index (χ0v) is 17.2. The molecule has 2 N–H and O–H groups in total. The Bertz CT molecular complexity index is 461. The summed E-state index contributed by atoms with van der Waals surface area (Å²) in [6, 6.07) is 10.3. The van der Waals surface area contributed by atoms with Crippen molar-refractivity contribution < 1.29 is 4.74 Å². The van der Waals surface area contributed by atoms with Crippen LogP contribution in [0.15, 0.2) is 35.3 Å². The summed E-state index contributed by atoms with van der Waals surface area (Å²) in [5.41, 5.74) is 1.23. The van der Waals surface area contributed by atoms with E-state index in [0.29, 0.717) is 12.6 Å². The van der Waals surface area contributed by atoms with Gasteiger partial charge >= 0.3 is 0 Å². The predicted molar refractivity (Wildman–Crippen MR) is 111 cm³/mol. The standard InChI is InChI=1S/C18H30N4O.HI/c1-3-19-18(21-15-16-7-5-4-6-8-16)20-11-14-22-12-9-17(23-2)10-13-22;/h4-8,17H,3,9-15H2,1-2H3,(H2,19,20,21);1H. The van der Waals surface area contributed by atoms with E-state index in [1.54, 1.807) is 0 Å². The van der Waals surface area contributed by atoms with Gasteiger partial charge in [-0.15, -0.1) is 24.0 Å². The summed E-state index contributed by atoms with van der Waals surface area (Å²) in [6.45, 7) is 7.88. The van der Waals surface area contributed by atoms with E-state index in [0.717, 1.165) is 51.5 Å². The largest absolute Gasteiger partial charge is 0.381 e. The highest BCUT2D eigenvalue weighted by molar-refractivity contribution is 14.0. The molecule has 6 heteroatoms. The highest BCUT2D eigenvalue weighted by Gasteiger charge is 2.17. The van der Waals surface area contributed by atoms with Crippen LogP contribution in [0.3, 0.4) is 0 Å². The first-order chi connectivity index (χ1) is 11.3. The number of benzene rings is 1. The topological polar surface area (TPSA) is 48.9 Å². The Morgan fingerprint density at radius 3 is 2.54 bits per heavy atom. The Balaban J connectivity index is 0.00000288. The summed E-state index contributed by atoms with van der Waals surface area (Å²) in [6.07, 6.45) is 2.72. The van der Waals surface area contributed by atoms with Gasteiger partial charge in [0, 0.05) is 39.8 Å². The Morgan fingerprint density at radius 1 is 1.21 bits per heavy atom. The van der Waals surface area contributed by atoms with E-state index in [-0.39, 0.29) is 24.0 Å². The molecule has 0 saturated carbocycles. The first kappa shape index (κ1) is 21.2. The molecule has 1 aromatic rings. The van der Waals surface area contributed by atoms with E-state index in [2.05, 4.69) is 51.7 Å². The third-order valence-electron chi connectivity index (χ3n) is 4.20. The molecule has 2 rings (SSSR count). The molecule has 1 aliphatic heterocycles. The highest BCUT2D eigenvalue weighted by Crippen LogP contribution is 2.11. The molecule has 0 aliphatic carbocycles. The molecule has 1 aromatic carbocycles. The van der Waals surface area contributed by atoms with Crippen LogP contribution in [0.1, 0.15) is 25.3 Å². The van der Waals surface area contributed by atoms with Crippen LogP contribution in [-0.2, 0) is 11.3 Å². The summed E-state index contributed by atoms with van der Waals surface area (Å²) in [4.78, 5) is 7.14. The van der Waals surface area contributed by atoms with Crippen LogP contribution in [-0.4, -0.2) is 56.8 Å². The average molecular weight is 446 g/mol. The molecule has 0 aromatic heterocycles. The molecule has 5 nitrogen and oxygen atoms in total. The molecule has 0 bridgehead atoms. The van der Waals surface area contributed by atoms with Crippen molar-refractivity contribution in [3.05, 3.63) is 35.9 Å². The van der Waals surface area contributed by atoms with Gasteiger partial charge in [0.25, 0.3) is 0 Å². The molecule has 1 aliphatic rings. The maximum atomic E-state index is 5.42. The molecular formula is C18H31IN4O. The number of hydrogen-bond donors (Lipinski definition) is 2. The monoisotopic (exact) mass is 446 g/mol. The van der Waals surface area contributed by atoms with Crippen molar-refractivity contribution in [3.63, 3.8) is 0 Å². The lowest BCUT2D eigenvalue weighted by molar-refractivity contribution is 0.0417. The number of methoxy groups -OCH3 is 1. The van der Waals surface area contributed by atoms with Crippen LogP contribution in [0.5, 0.6) is 0 Å². The number of aliphatic imine (C=N–C) groups is 1. The van der Waals surface area contributed by atoms with Crippen molar-refractivity contribution >= 4 is 29.9 Å².